The van der Waals surface area contributed by atoms with E-state index in [1.807, 2.05) is 13.8 Å². The van der Waals surface area contributed by atoms with Crippen LogP contribution in [0.3, 0.4) is 0 Å². The molecule has 0 saturated carbocycles. The number of hydrogen-bond donors (Lipinski definition) is 6. The van der Waals surface area contributed by atoms with Gasteiger partial charge in [0.05, 0.1) is 45.5 Å². The van der Waals surface area contributed by atoms with Gasteiger partial charge in [-0.15, -0.1) is 0 Å². The number of unbranched alkanes of at least 4 members (excludes halogenated alkanes) is 1. The van der Waals surface area contributed by atoms with Gasteiger partial charge in [0.2, 0.25) is 12.6 Å². The van der Waals surface area contributed by atoms with Gasteiger partial charge in [0.25, 0.3) is 0 Å². The summed E-state index contributed by atoms with van der Waals surface area (Å²) in [6.45, 7) is 6.06. The SMILES string of the molecule is C[C@@H]1OC(OC(=O)CCCCC(=O)OC2O[C@@H](C)[C@@H](N)C23CCN(c2cnc(Sc4ccnc(N)c4Cl)c(N)n2)CC3)C2(CCN(c3cnc(Sc4ccnc(N)c4Cl)c(N)n3)CC2)[C@@H]1N. The van der Waals surface area contributed by atoms with Crippen LogP contribution in [0, 0.1) is 10.8 Å². The topological polar surface area (TPSA) is 311 Å². The second-order valence-corrected chi connectivity index (χ2v) is 19.9. The number of pyridine rings is 2. The third-order valence-corrected chi connectivity index (χ3v) is 16.3. The zero-order valence-electron chi connectivity index (χ0n) is 36.5. The highest BCUT2D eigenvalue weighted by Gasteiger charge is 2.58. The number of nitrogens with two attached hydrogens (primary N) is 6. The molecule has 0 radical (unpaired) electrons. The van der Waals surface area contributed by atoms with E-state index < -0.39 is 35.3 Å². The van der Waals surface area contributed by atoms with Crippen LogP contribution in [-0.2, 0) is 28.5 Å². The molecule has 0 aliphatic carbocycles. The van der Waals surface area contributed by atoms with Crippen LogP contribution < -0.4 is 44.2 Å². The first-order chi connectivity index (χ1) is 31.6. The molecule has 66 heavy (non-hydrogen) atoms. The lowest BCUT2D eigenvalue weighted by molar-refractivity contribution is -0.196. The van der Waals surface area contributed by atoms with Crippen molar-refractivity contribution in [2.75, 3.05) is 58.9 Å². The first-order valence-corrected chi connectivity index (χ1v) is 24.1. The standard InChI is InChI=1S/C42H54Cl2N14O6S2/c1-21-31(45)41(9-15-57(16-10-41)25-19-53-37(35(49)55-25)65-23-7-13-51-33(47)29(23)43)39(61-21)63-27(59)5-3-4-6-28(60)64-40-42(32(46)22(2)62-40)11-17-58(18-12-42)26-20-54-38(36(50)56-26)66-24-8-14-52-34(48)30(24)44/h7-8,13-14,19-22,31-32,39-40H,3-6,9-12,15-18,45-46H2,1-2H3,(H2,47,51)(H2,48,52)(H2,49,55)(H2,50,56)/t21-,22-,31+,32+,39?,40?/m0/s1. The molecule has 0 amide bonds. The maximum Gasteiger partial charge on any atom is 0.308 e. The molecule has 8 heterocycles. The third-order valence-electron chi connectivity index (χ3n) is 13.2. The van der Waals surface area contributed by atoms with Crippen LogP contribution in [0.1, 0.15) is 65.2 Å². The van der Waals surface area contributed by atoms with Gasteiger partial charge in [0, 0.05) is 73.3 Å². The molecule has 354 valence electrons. The van der Waals surface area contributed by atoms with E-state index in [0.717, 1.165) is 0 Å². The van der Waals surface area contributed by atoms with Crippen LogP contribution in [0.25, 0.3) is 0 Å². The maximum atomic E-state index is 13.2. The van der Waals surface area contributed by atoms with Gasteiger partial charge in [-0.2, -0.15) is 0 Å². The molecule has 4 saturated heterocycles. The van der Waals surface area contributed by atoms with Crippen molar-refractivity contribution in [1.29, 1.82) is 0 Å². The van der Waals surface area contributed by atoms with Gasteiger partial charge >= 0.3 is 11.9 Å². The summed E-state index contributed by atoms with van der Waals surface area (Å²) in [7, 11) is 0. The number of anilines is 6. The number of nitrogen functional groups attached to an aromatic ring is 4. The van der Waals surface area contributed by atoms with Crippen molar-refractivity contribution in [3.05, 3.63) is 47.0 Å². The van der Waals surface area contributed by atoms with Gasteiger partial charge in [0.15, 0.2) is 11.6 Å². The smallest absolute Gasteiger partial charge is 0.308 e. The fraction of sp³-hybridized carbons (Fsp3) is 0.524. The van der Waals surface area contributed by atoms with Crippen LogP contribution in [0.2, 0.25) is 10.0 Å². The highest BCUT2D eigenvalue weighted by molar-refractivity contribution is 7.99. The minimum Gasteiger partial charge on any atom is -0.435 e. The van der Waals surface area contributed by atoms with Crippen molar-refractivity contribution in [2.24, 2.45) is 22.3 Å². The molecule has 4 aromatic heterocycles. The number of aromatic nitrogens is 6. The number of halogens is 2. The zero-order chi connectivity index (χ0) is 46.9. The normalized spacial score (nSPS) is 24.5. The van der Waals surface area contributed by atoms with Gasteiger partial charge < -0.3 is 63.1 Å². The Bertz CT molecular complexity index is 2270. The predicted molar refractivity (Wildman–Crippen MR) is 251 cm³/mol. The Kier molecular flexibility index (Phi) is 14.4. The second kappa shape index (κ2) is 19.9. The van der Waals surface area contributed by atoms with Gasteiger partial charge in [-0.05, 0) is 64.5 Å². The average Bonchev–Trinajstić information content (AvgIpc) is 3.65. The molecule has 0 bridgehead atoms. The second-order valence-electron chi connectivity index (χ2n) is 17.1. The molecule has 4 aromatic rings. The fourth-order valence-electron chi connectivity index (χ4n) is 9.18. The first-order valence-electron chi connectivity index (χ1n) is 21.7. The molecule has 4 aliphatic heterocycles. The van der Waals surface area contributed by atoms with Crippen LogP contribution in [0.5, 0.6) is 0 Å². The molecule has 2 unspecified atom stereocenters. The third kappa shape index (κ3) is 9.69. The number of nitrogens with zero attached hydrogens (tertiary/aromatic N) is 8. The molecule has 24 heteroatoms. The summed E-state index contributed by atoms with van der Waals surface area (Å²) in [5, 5.41) is 1.63. The number of carbonyl (C=O) groups is 2. The Balaban J connectivity index is 0.791. The van der Waals surface area contributed by atoms with Gasteiger partial charge in [-0.25, -0.2) is 29.9 Å². The summed E-state index contributed by atoms with van der Waals surface area (Å²) >= 11 is 15.1. The summed E-state index contributed by atoms with van der Waals surface area (Å²) in [6.07, 6.45) is 7.55. The van der Waals surface area contributed by atoms with E-state index in [1.54, 1.807) is 36.9 Å². The quantitative estimate of drug-likeness (QED) is 0.0784. The molecule has 2 spiro atoms. The van der Waals surface area contributed by atoms with Crippen molar-refractivity contribution in [3.63, 3.8) is 0 Å². The summed E-state index contributed by atoms with van der Waals surface area (Å²) in [4.78, 5) is 58.3. The molecule has 20 nitrogen and oxygen atoms in total. The van der Waals surface area contributed by atoms with Crippen molar-refractivity contribution < 1.29 is 28.5 Å². The van der Waals surface area contributed by atoms with Gasteiger partial charge in [-0.1, -0.05) is 46.7 Å². The Morgan fingerprint density at radius 2 is 1.05 bits per heavy atom. The maximum absolute atomic E-state index is 13.2. The van der Waals surface area contributed by atoms with Crippen LogP contribution in [0.15, 0.2) is 56.8 Å². The molecule has 6 atom stereocenters. The Morgan fingerprint density at radius 3 is 1.41 bits per heavy atom. The molecular formula is C42H54Cl2N14O6S2. The Hall–Kier alpha value is -4.68. The zero-order valence-corrected chi connectivity index (χ0v) is 39.6. The highest BCUT2D eigenvalue weighted by atomic mass is 35.5. The lowest BCUT2D eigenvalue weighted by atomic mass is 9.72. The number of carbonyl (C=O) groups excluding carboxylic acids is 2. The summed E-state index contributed by atoms with van der Waals surface area (Å²) < 4.78 is 24.3. The first kappa shape index (κ1) is 47.8. The molecular weight excluding hydrogens is 932 g/mol. The molecule has 4 aliphatic rings. The van der Waals surface area contributed by atoms with Crippen molar-refractivity contribution in [2.45, 2.75) is 122 Å². The minimum absolute atomic E-state index is 0.0935. The van der Waals surface area contributed by atoms with Crippen LogP contribution in [0.4, 0.5) is 34.9 Å². The van der Waals surface area contributed by atoms with Crippen molar-refractivity contribution in [3.8, 4) is 0 Å². The minimum atomic E-state index is -0.816. The number of esters is 2. The van der Waals surface area contributed by atoms with E-state index in [4.69, 9.17) is 76.6 Å². The lowest BCUT2D eigenvalue weighted by Crippen LogP contribution is -2.54. The van der Waals surface area contributed by atoms with Crippen LogP contribution >= 0.6 is 46.7 Å². The number of rotatable bonds is 13. The number of ether oxygens (including phenoxy) is 4. The molecule has 4 fully saturated rings. The highest BCUT2D eigenvalue weighted by Crippen LogP contribution is 2.49. The summed E-state index contributed by atoms with van der Waals surface area (Å²) in [5.41, 5.74) is 36.7. The Morgan fingerprint density at radius 1 is 0.667 bits per heavy atom. The molecule has 8 rings (SSSR count). The molecule has 12 N–H and O–H groups in total. The molecule has 0 aromatic carbocycles. The summed E-state index contributed by atoms with van der Waals surface area (Å²) in [6, 6.07) is 2.76. The Labute approximate surface area is 400 Å². The van der Waals surface area contributed by atoms with Crippen molar-refractivity contribution >= 4 is 93.6 Å². The number of piperidine rings is 2. The largest absolute Gasteiger partial charge is 0.435 e. The van der Waals surface area contributed by atoms with E-state index in [9.17, 15) is 9.59 Å². The summed E-state index contributed by atoms with van der Waals surface area (Å²) in [5.74, 6) is 1.33. The van der Waals surface area contributed by atoms with Crippen molar-refractivity contribution in [1.82, 2.24) is 29.9 Å². The predicted octanol–water partition coefficient (Wildman–Crippen LogP) is 4.66. The fourth-order valence-corrected chi connectivity index (χ4v) is 11.2. The average molecular weight is 986 g/mol. The van der Waals surface area contributed by atoms with E-state index in [0.29, 0.717) is 106 Å². The number of hydrogen-bond acceptors (Lipinski definition) is 22. The van der Waals surface area contributed by atoms with Gasteiger partial charge in [-0.3, -0.25) is 9.59 Å². The van der Waals surface area contributed by atoms with E-state index in [1.165, 1.54) is 23.5 Å². The van der Waals surface area contributed by atoms with Crippen LogP contribution in [-0.4, -0.2) is 105 Å². The van der Waals surface area contributed by atoms with Gasteiger partial charge in [0.1, 0.15) is 33.3 Å². The van der Waals surface area contributed by atoms with E-state index in [2.05, 4.69) is 39.7 Å². The van der Waals surface area contributed by atoms with E-state index in [-0.39, 0.29) is 60.4 Å². The van der Waals surface area contributed by atoms with E-state index >= 15 is 0 Å². The lowest BCUT2D eigenvalue weighted by Gasteiger charge is -2.43. The monoisotopic (exact) mass is 984 g/mol.